The number of rotatable bonds is 8. The van der Waals surface area contributed by atoms with Crippen LogP contribution in [0.2, 0.25) is 0 Å². The smallest absolute Gasteiger partial charge is 0.148 e. The van der Waals surface area contributed by atoms with Crippen molar-refractivity contribution < 1.29 is 30.3 Å². The fraction of sp³-hybridized carbons (Fsp3) is 0.0847. The number of hydrogen-bond donors (Lipinski definition) is 1. The van der Waals surface area contributed by atoms with Gasteiger partial charge in [0.2, 0.25) is 0 Å². The predicted octanol–water partition coefficient (Wildman–Crippen LogP) is 15.2. The van der Waals surface area contributed by atoms with Crippen molar-refractivity contribution in [1.82, 2.24) is 14.5 Å². The molecule has 0 atom stereocenters. The summed E-state index contributed by atoms with van der Waals surface area (Å²) in [7, 11) is 0. The molecule has 4 nitrogen and oxygen atoms in total. The van der Waals surface area contributed by atoms with Gasteiger partial charge in [-0.3, -0.25) is 9.55 Å². The van der Waals surface area contributed by atoms with Crippen LogP contribution in [-0.4, -0.2) is 19.6 Å². The maximum atomic E-state index is 11.6. The van der Waals surface area contributed by atoms with Crippen molar-refractivity contribution in [2.75, 3.05) is 0 Å². The number of nitrogens with zero attached hydrogens (tertiary/aromatic N) is 3. The number of para-hydroxylation sites is 2. The SMILES string of the molecule is [2H]C([2H])([2H])c1cc(-n2c(-c3ccccc3O)nc3c(-c4[c-]c(-c5cc(-c6ccccc6)ccn5)cc(-c5ccccc5)c4)cccc32)c(-c2ccc(C(C)(C)C)cc2)cc1-c1ccccc1.[Pt]. The first-order valence-corrected chi connectivity index (χ1v) is 21.2. The van der Waals surface area contributed by atoms with E-state index in [-0.39, 0.29) is 37.8 Å². The molecule has 0 aliphatic rings. The third kappa shape index (κ3) is 8.14. The van der Waals surface area contributed by atoms with Gasteiger partial charge in [0.1, 0.15) is 11.6 Å². The summed E-state index contributed by atoms with van der Waals surface area (Å²) < 4.78 is 28.8. The van der Waals surface area contributed by atoms with Gasteiger partial charge in [-0.25, -0.2) is 4.98 Å². The number of aromatic hydroxyl groups is 1. The van der Waals surface area contributed by atoms with Crippen molar-refractivity contribution in [3.8, 4) is 89.7 Å². The second kappa shape index (κ2) is 17.6. The number of aryl methyl sites for hydroxylation is 1. The second-order valence-electron chi connectivity index (χ2n) is 16.9. The van der Waals surface area contributed by atoms with Gasteiger partial charge in [-0.15, -0.1) is 23.8 Å². The van der Waals surface area contributed by atoms with Crippen molar-refractivity contribution in [2.24, 2.45) is 0 Å². The standard InChI is InChI=1S/C59H46N3O.Pt/c1-39-33-55(52(38-51(39)42-21-12-7-13-22-42)43-27-29-48(30-28-43)59(2,3)4)62-54-25-16-24-49(57(54)61-58(62)50-23-14-15-26-56(50)63)46-34-45(41-19-10-6-11-20-41)35-47(36-46)53-37-44(31-32-60-53)40-17-8-5-9-18-40;/h5-35,37-38,63H,1-4H3;/q-1;/i1D3;. The van der Waals surface area contributed by atoms with Crippen LogP contribution in [0.4, 0.5) is 0 Å². The van der Waals surface area contributed by atoms with E-state index in [1.165, 1.54) is 5.56 Å². The van der Waals surface area contributed by atoms with Gasteiger partial charge in [0.05, 0.1) is 22.3 Å². The number of aromatic nitrogens is 3. The molecule has 8 aromatic carbocycles. The number of phenols is 1. The van der Waals surface area contributed by atoms with Gasteiger partial charge in [0.25, 0.3) is 0 Å². The molecule has 10 rings (SSSR count). The van der Waals surface area contributed by atoms with Crippen LogP contribution < -0.4 is 0 Å². The molecule has 2 aromatic heterocycles. The summed E-state index contributed by atoms with van der Waals surface area (Å²) in [5.41, 5.74) is 14.3. The van der Waals surface area contributed by atoms with Gasteiger partial charge in [0.15, 0.2) is 0 Å². The van der Waals surface area contributed by atoms with Crippen molar-refractivity contribution in [2.45, 2.75) is 33.0 Å². The maximum Gasteiger partial charge on any atom is 0.148 e. The topological polar surface area (TPSA) is 50.9 Å². The van der Waals surface area contributed by atoms with Crippen molar-refractivity contribution in [3.63, 3.8) is 0 Å². The van der Waals surface area contributed by atoms with Crippen molar-refractivity contribution >= 4 is 11.0 Å². The molecule has 2 heterocycles. The fourth-order valence-electron chi connectivity index (χ4n) is 8.45. The van der Waals surface area contributed by atoms with Gasteiger partial charge in [0, 0.05) is 42.6 Å². The summed E-state index contributed by atoms with van der Waals surface area (Å²) in [6.45, 7) is 4.09. The average molecular weight is 1010 g/mol. The molecule has 5 heteroatoms. The first kappa shape index (κ1) is 38.5. The summed E-state index contributed by atoms with van der Waals surface area (Å²) in [5.74, 6) is 0.511. The number of pyridine rings is 1. The van der Waals surface area contributed by atoms with E-state index in [4.69, 9.17) is 14.1 Å². The molecule has 0 aliphatic carbocycles. The molecule has 0 saturated carbocycles. The molecule has 314 valence electrons. The molecule has 1 N–H and O–H groups in total. The number of hydrogen-bond acceptors (Lipinski definition) is 3. The molecule has 0 fully saturated rings. The van der Waals surface area contributed by atoms with E-state index in [1.807, 2.05) is 120 Å². The maximum absolute atomic E-state index is 11.6. The molecule has 0 saturated heterocycles. The van der Waals surface area contributed by atoms with Gasteiger partial charge >= 0.3 is 0 Å². The van der Waals surface area contributed by atoms with E-state index in [1.54, 1.807) is 18.2 Å². The van der Waals surface area contributed by atoms with Crippen molar-refractivity contribution in [1.29, 1.82) is 0 Å². The molecule has 64 heavy (non-hydrogen) atoms. The first-order chi connectivity index (χ1) is 31.9. The molecule has 0 bridgehead atoms. The Hall–Kier alpha value is -7.13. The third-order valence-corrected chi connectivity index (χ3v) is 11.8. The van der Waals surface area contributed by atoms with Crippen LogP contribution in [0.1, 0.15) is 36.0 Å². The average Bonchev–Trinajstić information content (AvgIpc) is 3.73. The van der Waals surface area contributed by atoms with E-state index in [9.17, 15) is 5.11 Å². The Morgan fingerprint density at radius 3 is 1.81 bits per heavy atom. The zero-order chi connectivity index (χ0) is 45.6. The summed E-state index contributed by atoms with van der Waals surface area (Å²) in [5, 5.41) is 11.6. The molecule has 0 aliphatic heterocycles. The number of benzene rings is 8. The molecular weight excluding hydrogens is 962 g/mol. The Balaban J connectivity index is 0.00000562. The van der Waals surface area contributed by atoms with Crippen LogP contribution >= 0.6 is 0 Å². The minimum atomic E-state index is -2.47. The predicted molar refractivity (Wildman–Crippen MR) is 261 cm³/mol. The number of phenolic OH excluding ortho intramolecular Hbond substituents is 1. The van der Waals surface area contributed by atoms with E-state index >= 15 is 0 Å². The van der Waals surface area contributed by atoms with Gasteiger partial charge in [-0.1, -0.05) is 183 Å². The Morgan fingerprint density at radius 1 is 0.531 bits per heavy atom. The summed E-state index contributed by atoms with van der Waals surface area (Å²) in [4.78, 5) is 10.3. The molecule has 0 radical (unpaired) electrons. The zero-order valence-corrected chi connectivity index (χ0v) is 37.9. The monoisotopic (exact) mass is 1010 g/mol. The van der Waals surface area contributed by atoms with Crippen LogP contribution in [0.15, 0.2) is 200 Å². The normalized spacial score (nSPS) is 12.3. The van der Waals surface area contributed by atoms with E-state index in [0.29, 0.717) is 28.2 Å². The van der Waals surface area contributed by atoms with E-state index in [2.05, 4.69) is 93.6 Å². The van der Waals surface area contributed by atoms with Gasteiger partial charge in [-0.05, 0) is 93.2 Å². The van der Waals surface area contributed by atoms with E-state index in [0.717, 1.165) is 66.8 Å². The van der Waals surface area contributed by atoms with Crippen LogP contribution in [0.3, 0.4) is 0 Å². The molecule has 10 aromatic rings. The van der Waals surface area contributed by atoms with Crippen molar-refractivity contribution in [3.05, 3.63) is 218 Å². The van der Waals surface area contributed by atoms with Crippen LogP contribution in [0.5, 0.6) is 5.75 Å². The Labute approximate surface area is 394 Å². The molecular formula is C59H46N3OPt-. The Bertz CT molecular complexity index is 3380. The first-order valence-electron chi connectivity index (χ1n) is 22.7. The van der Waals surface area contributed by atoms with E-state index < -0.39 is 6.85 Å². The molecule has 0 unspecified atom stereocenters. The molecule has 0 spiro atoms. The quantitative estimate of drug-likeness (QED) is 0.154. The van der Waals surface area contributed by atoms with Gasteiger partial charge < -0.3 is 5.11 Å². The van der Waals surface area contributed by atoms with Gasteiger partial charge in [-0.2, -0.15) is 0 Å². The summed E-state index contributed by atoms with van der Waals surface area (Å²) in [6, 6.07) is 67.9. The molecule has 0 amide bonds. The van der Waals surface area contributed by atoms with Crippen LogP contribution in [0.25, 0.3) is 95.0 Å². The van der Waals surface area contributed by atoms with Crippen LogP contribution in [-0.2, 0) is 26.5 Å². The largest absolute Gasteiger partial charge is 0.507 e. The Morgan fingerprint density at radius 2 is 1.14 bits per heavy atom. The second-order valence-corrected chi connectivity index (χ2v) is 16.9. The fourth-order valence-corrected chi connectivity index (χ4v) is 8.45. The summed E-state index contributed by atoms with van der Waals surface area (Å²) in [6.07, 6.45) is 1.84. The zero-order valence-electron chi connectivity index (χ0n) is 38.7. The minimum absolute atomic E-state index is 0. The van der Waals surface area contributed by atoms with Crippen LogP contribution in [0, 0.1) is 12.9 Å². The third-order valence-electron chi connectivity index (χ3n) is 11.8. The number of imidazole rings is 1. The number of fused-ring (bicyclic) bond motifs is 1. The summed E-state index contributed by atoms with van der Waals surface area (Å²) >= 11 is 0. The Kier molecular flexibility index (Phi) is 10.6. The minimum Gasteiger partial charge on any atom is -0.507 e.